The number of hydrogen-bond acceptors (Lipinski definition) is 3. The molecule has 0 unspecified atom stereocenters. The second-order valence-corrected chi connectivity index (χ2v) is 8.67. The van der Waals surface area contributed by atoms with E-state index in [2.05, 4.69) is 18.2 Å². The Morgan fingerprint density at radius 2 is 1.70 bits per heavy atom. The van der Waals surface area contributed by atoms with Crippen molar-refractivity contribution in [2.45, 2.75) is 15.8 Å². The molecule has 1 atom stereocenters. The van der Waals surface area contributed by atoms with Crippen LogP contribution in [-0.4, -0.2) is 17.4 Å². The Balaban J connectivity index is 1.63. The van der Waals surface area contributed by atoms with Gasteiger partial charge in [-0.15, -0.1) is 23.5 Å². The van der Waals surface area contributed by atoms with Crippen LogP contribution in [0.4, 0.5) is 5.69 Å². The Kier molecular flexibility index (Phi) is 5.77. The van der Waals surface area contributed by atoms with E-state index in [0.717, 1.165) is 26.8 Å². The third-order valence-corrected chi connectivity index (χ3v) is 7.11. The van der Waals surface area contributed by atoms with Gasteiger partial charge in [-0.2, -0.15) is 0 Å². The minimum absolute atomic E-state index is 0.0328. The zero-order valence-electron chi connectivity index (χ0n) is 14.5. The summed E-state index contributed by atoms with van der Waals surface area (Å²) in [4.78, 5) is 17.3. The molecule has 0 N–H and O–H groups in total. The molecule has 0 aromatic heterocycles. The van der Waals surface area contributed by atoms with Crippen molar-refractivity contribution in [1.29, 1.82) is 0 Å². The smallest absolute Gasteiger partial charge is 0.237 e. The molecule has 3 aromatic rings. The highest BCUT2D eigenvalue weighted by Crippen LogP contribution is 2.43. The number of para-hydroxylation sites is 1. The average Bonchev–Trinajstić information content (AvgIpc) is 2.72. The molecule has 0 aliphatic carbocycles. The molecule has 0 fully saturated rings. The summed E-state index contributed by atoms with van der Waals surface area (Å²) < 4.78 is 0. The first-order valence-corrected chi connectivity index (χ1v) is 11.0. The molecule has 0 saturated heterocycles. The number of hydrogen-bond donors (Lipinski definition) is 0. The standard InChI is InChI=1S/C22H18ClNOS2/c23-17-10-4-6-12-20(17)27-15-22(25)24-18-11-5-7-13-21(18)26-14-19(24)16-8-2-1-3-9-16/h1-13,19H,14-15H2/t19-/m1/s1. The van der Waals surface area contributed by atoms with E-state index in [1.54, 1.807) is 0 Å². The van der Waals surface area contributed by atoms with Gasteiger partial charge in [-0.3, -0.25) is 4.79 Å². The van der Waals surface area contributed by atoms with Gasteiger partial charge in [0.25, 0.3) is 0 Å². The lowest BCUT2D eigenvalue weighted by atomic mass is 10.1. The lowest BCUT2D eigenvalue weighted by Crippen LogP contribution is -2.39. The Morgan fingerprint density at radius 3 is 2.52 bits per heavy atom. The maximum Gasteiger partial charge on any atom is 0.237 e. The van der Waals surface area contributed by atoms with Gasteiger partial charge in [0.15, 0.2) is 0 Å². The zero-order valence-corrected chi connectivity index (χ0v) is 16.9. The summed E-state index contributed by atoms with van der Waals surface area (Å²) in [6.07, 6.45) is 0. The van der Waals surface area contributed by atoms with Crippen molar-refractivity contribution < 1.29 is 4.79 Å². The fourth-order valence-electron chi connectivity index (χ4n) is 3.19. The van der Waals surface area contributed by atoms with Crippen LogP contribution in [0.1, 0.15) is 11.6 Å². The Bertz CT molecular complexity index is 948. The number of amides is 1. The maximum atomic E-state index is 13.3. The first kappa shape index (κ1) is 18.5. The number of fused-ring (bicyclic) bond motifs is 1. The van der Waals surface area contributed by atoms with E-state index in [1.165, 1.54) is 11.8 Å². The molecule has 5 heteroatoms. The Morgan fingerprint density at radius 1 is 1.00 bits per heavy atom. The topological polar surface area (TPSA) is 20.3 Å². The largest absolute Gasteiger partial charge is 0.302 e. The number of thioether (sulfide) groups is 2. The van der Waals surface area contributed by atoms with E-state index in [1.807, 2.05) is 77.3 Å². The lowest BCUT2D eigenvalue weighted by molar-refractivity contribution is -0.116. The first-order chi connectivity index (χ1) is 13.2. The normalized spacial score (nSPS) is 16.0. The first-order valence-electron chi connectivity index (χ1n) is 8.70. The lowest BCUT2D eigenvalue weighted by Gasteiger charge is -2.37. The van der Waals surface area contributed by atoms with Crippen molar-refractivity contribution in [2.75, 3.05) is 16.4 Å². The zero-order chi connectivity index (χ0) is 18.6. The summed E-state index contributed by atoms with van der Waals surface area (Å²) in [7, 11) is 0. The van der Waals surface area contributed by atoms with Gasteiger partial charge in [-0.05, 0) is 29.8 Å². The number of nitrogens with zero attached hydrogens (tertiary/aromatic N) is 1. The molecule has 27 heavy (non-hydrogen) atoms. The van der Waals surface area contributed by atoms with Gasteiger partial charge in [0, 0.05) is 15.5 Å². The van der Waals surface area contributed by atoms with Crippen molar-refractivity contribution in [3.05, 3.63) is 89.4 Å². The molecular formula is C22H18ClNOS2. The Labute approximate surface area is 172 Å². The van der Waals surface area contributed by atoms with Crippen LogP contribution >= 0.6 is 35.1 Å². The van der Waals surface area contributed by atoms with E-state index in [0.29, 0.717) is 10.8 Å². The number of halogens is 1. The predicted molar refractivity (Wildman–Crippen MR) is 116 cm³/mol. The molecule has 0 saturated carbocycles. The van der Waals surface area contributed by atoms with Gasteiger partial charge in [0.2, 0.25) is 5.91 Å². The van der Waals surface area contributed by atoms with Crippen molar-refractivity contribution in [3.8, 4) is 0 Å². The summed E-state index contributed by atoms with van der Waals surface area (Å²) in [6.45, 7) is 0. The minimum atomic E-state index is 0.0328. The van der Waals surface area contributed by atoms with Gasteiger partial charge in [0.1, 0.15) is 0 Å². The fourth-order valence-corrected chi connectivity index (χ4v) is 5.46. The van der Waals surface area contributed by atoms with Gasteiger partial charge < -0.3 is 4.90 Å². The molecule has 1 amide bonds. The molecule has 3 aromatic carbocycles. The predicted octanol–water partition coefficient (Wildman–Crippen LogP) is 6.31. The average molecular weight is 412 g/mol. The number of rotatable bonds is 4. The molecule has 1 aliphatic heterocycles. The van der Waals surface area contributed by atoms with E-state index < -0.39 is 0 Å². The monoisotopic (exact) mass is 411 g/mol. The molecular weight excluding hydrogens is 394 g/mol. The van der Waals surface area contributed by atoms with Crippen LogP contribution in [0.25, 0.3) is 0 Å². The van der Waals surface area contributed by atoms with Gasteiger partial charge >= 0.3 is 0 Å². The second kappa shape index (κ2) is 8.42. The van der Waals surface area contributed by atoms with Gasteiger partial charge in [-0.25, -0.2) is 0 Å². The van der Waals surface area contributed by atoms with Crippen molar-refractivity contribution in [2.24, 2.45) is 0 Å². The number of carbonyl (C=O) groups is 1. The van der Waals surface area contributed by atoms with Crippen LogP contribution in [0.2, 0.25) is 5.02 Å². The highest BCUT2D eigenvalue weighted by atomic mass is 35.5. The molecule has 0 bridgehead atoms. The fraction of sp³-hybridized carbons (Fsp3) is 0.136. The number of carbonyl (C=O) groups excluding carboxylic acids is 1. The quantitative estimate of drug-likeness (QED) is 0.469. The second-order valence-electron chi connectivity index (χ2n) is 6.19. The van der Waals surface area contributed by atoms with E-state index in [-0.39, 0.29) is 11.9 Å². The molecule has 0 radical (unpaired) electrons. The molecule has 2 nitrogen and oxygen atoms in total. The Hall–Kier alpha value is -1.88. The number of anilines is 1. The highest BCUT2D eigenvalue weighted by Gasteiger charge is 2.32. The molecule has 4 rings (SSSR count). The van der Waals surface area contributed by atoms with Crippen LogP contribution in [0.15, 0.2) is 88.7 Å². The van der Waals surface area contributed by atoms with E-state index >= 15 is 0 Å². The van der Waals surface area contributed by atoms with Crippen molar-refractivity contribution in [3.63, 3.8) is 0 Å². The van der Waals surface area contributed by atoms with E-state index in [4.69, 9.17) is 11.6 Å². The molecule has 0 spiro atoms. The summed E-state index contributed by atoms with van der Waals surface area (Å²) in [5, 5.41) is 0.685. The molecule has 1 heterocycles. The van der Waals surface area contributed by atoms with Crippen LogP contribution in [-0.2, 0) is 4.79 Å². The number of benzene rings is 3. The molecule has 1 aliphatic rings. The van der Waals surface area contributed by atoms with Crippen LogP contribution in [0.5, 0.6) is 0 Å². The van der Waals surface area contributed by atoms with Gasteiger partial charge in [-0.1, -0.05) is 66.2 Å². The third-order valence-electron chi connectivity index (χ3n) is 4.47. The van der Waals surface area contributed by atoms with Crippen LogP contribution in [0, 0.1) is 0 Å². The summed E-state index contributed by atoms with van der Waals surface area (Å²) >= 11 is 9.55. The minimum Gasteiger partial charge on any atom is -0.302 e. The van der Waals surface area contributed by atoms with Crippen molar-refractivity contribution in [1.82, 2.24) is 0 Å². The van der Waals surface area contributed by atoms with E-state index in [9.17, 15) is 4.79 Å². The van der Waals surface area contributed by atoms with Crippen LogP contribution < -0.4 is 4.90 Å². The molecule has 136 valence electrons. The van der Waals surface area contributed by atoms with Crippen LogP contribution in [0.3, 0.4) is 0 Å². The summed E-state index contributed by atoms with van der Waals surface area (Å²) in [5.41, 5.74) is 2.16. The highest BCUT2D eigenvalue weighted by molar-refractivity contribution is 8.00. The van der Waals surface area contributed by atoms with Crippen molar-refractivity contribution >= 4 is 46.7 Å². The summed E-state index contributed by atoms with van der Waals surface area (Å²) in [5.74, 6) is 1.30. The van der Waals surface area contributed by atoms with Gasteiger partial charge in [0.05, 0.1) is 22.5 Å². The summed E-state index contributed by atoms with van der Waals surface area (Å²) in [6, 6.07) is 26.1. The maximum absolute atomic E-state index is 13.3. The third kappa shape index (κ3) is 4.03. The SMILES string of the molecule is O=C(CSc1ccccc1Cl)N1c2ccccc2SC[C@@H]1c1ccccc1.